The van der Waals surface area contributed by atoms with E-state index < -0.39 is 0 Å². The minimum absolute atomic E-state index is 0.0210. The molecular formula is C26H35N3O3. The Morgan fingerprint density at radius 3 is 2.34 bits per heavy atom. The number of piperidine rings is 2. The van der Waals surface area contributed by atoms with Gasteiger partial charge in [0, 0.05) is 57.3 Å². The van der Waals surface area contributed by atoms with Crippen LogP contribution in [0.25, 0.3) is 0 Å². The van der Waals surface area contributed by atoms with Crippen LogP contribution >= 0.6 is 0 Å². The lowest BCUT2D eigenvalue weighted by atomic mass is 9.84. The molecule has 1 atom stereocenters. The summed E-state index contributed by atoms with van der Waals surface area (Å²) in [6.45, 7) is 4.23. The number of nitrogens with zero attached hydrogens (tertiary/aromatic N) is 3. The van der Waals surface area contributed by atoms with Crippen LogP contribution in [0.15, 0.2) is 36.0 Å². The largest absolute Gasteiger partial charge is 0.343 e. The zero-order chi connectivity index (χ0) is 22.7. The van der Waals surface area contributed by atoms with Crippen molar-refractivity contribution in [3.8, 4) is 0 Å². The lowest BCUT2D eigenvalue weighted by Crippen LogP contribution is -2.42. The van der Waals surface area contributed by atoms with Crippen molar-refractivity contribution in [2.45, 2.75) is 58.4 Å². The Bertz CT molecular complexity index is 884. The van der Waals surface area contributed by atoms with Crippen LogP contribution in [0.1, 0.15) is 67.8 Å². The van der Waals surface area contributed by atoms with Gasteiger partial charge in [0.15, 0.2) is 0 Å². The summed E-state index contributed by atoms with van der Waals surface area (Å²) < 4.78 is 0. The topological polar surface area (TPSA) is 60.9 Å². The molecule has 0 bridgehead atoms. The fraction of sp³-hybridized carbons (Fsp3) is 0.577. The van der Waals surface area contributed by atoms with Gasteiger partial charge < -0.3 is 14.7 Å². The molecule has 6 nitrogen and oxygen atoms in total. The first-order valence-electron chi connectivity index (χ1n) is 12.1. The number of hydrogen-bond donors (Lipinski definition) is 0. The lowest BCUT2D eigenvalue weighted by molar-refractivity contribution is -0.139. The van der Waals surface area contributed by atoms with Gasteiger partial charge in [0.1, 0.15) is 0 Å². The summed E-state index contributed by atoms with van der Waals surface area (Å²) in [5.74, 6) is 0.835. The highest BCUT2D eigenvalue weighted by molar-refractivity contribution is 5.95. The zero-order valence-corrected chi connectivity index (χ0v) is 19.4. The highest BCUT2D eigenvalue weighted by Gasteiger charge is 2.31. The van der Waals surface area contributed by atoms with Gasteiger partial charge in [-0.1, -0.05) is 18.2 Å². The molecule has 2 heterocycles. The maximum atomic E-state index is 13.2. The molecule has 2 saturated heterocycles. The fourth-order valence-corrected chi connectivity index (χ4v) is 5.41. The number of carbonyl (C=O) groups is 3. The molecule has 0 aromatic heterocycles. The van der Waals surface area contributed by atoms with Gasteiger partial charge in [0.05, 0.1) is 0 Å². The third-order valence-electron chi connectivity index (χ3n) is 7.31. The molecule has 2 aliphatic heterocycles. The average molecular weight is 438 g/mol. The van der Waals surface area contributed by atoms with E-state index >= 15 is 0 Å². The summed E-state index contributed by atoms with van der Waals surface area (Å²) in [6, 6.07) is 7.72. The van der Waals surface area contributed by atoms with E-state index in [1.165, 1.54) is 25.0 Å². The van der Waals surface area contributed by atoms with Crippen molar-refractivity contribution in [2.75, 3.05) is 26.7 Å². The summed E-state index contributed by atoms with van der Waals surface area (Å²) in [6.07, 6.45) is 9.48. The second-order valence-corrected chi connectivity index (χ2v) is 9.53. The van der Waals surface area contributed by atoms with Crippen LogP contribution in [-0.2, 0) is 16.1 Å². The number of rotatable bonds is 4. The maximum absolute atomic E-state index is 13.2. The standard InChI is InChI=1S/C26H35N3O3/c1-19(30)28-16-13-23(14-17-28)25(31)27(2)18-20-9-11-22(12-10-20)26(32)29-15-5-7-21-6-3-4-8-24(21)29/h8-12,21,23H,3-7,13-18H2,1-2H3. The highest BCUT2D eigenvalue weighted by atomic mass is 16.2. The Morgan fingerprint density at radius 2 is 1.66 bits per heavy atom. The van der Waals surface area contributed by atoms with Crippen molar-refractivity contribution >= 4 is 17.7 Å². The third-order valence-corrected chi connectivity index (χ3v) is 7.31. The molecule has 0 radical (unpaired) electrons. The number of carbonyl (C=O) groups excluding carboxylic acids is 3. The molecular weight excluding hydrogens is 402 g/mol. The van der Waals surface area contributed by atoms with Crippen molar-refractivity contribution in [1.29, 1.82) is 0 Å². The number of benzene rings is 1. The zero-order valence-electron chi connectivity index (χ0n) is 19.4. The predicted molar refractivity (Wildman–Crippen MR) is 124 cm³/mol. The minimum Gasteiger partial charge on any atom is -0.343 e. The second-order valence-electron chi connectivity index (χ2n) is 9.53. The van der Waals surface area contributed by atoms with Gasteiger partial charge in [-0.2, -0.15) is 0 Å². The maximum Gasteiger partial charge on any atom is 0.258 e. The molecule has 1 aromatic rings. The van der Waals surface area contributed by atoms with E-state index in [1.54, 1.807) is 11.8 Å². The van der Waals surface area contributed by atoms with Crippen LogP contribution in [0.4, 0.5) is 0 Å². The molecule has 0 spiro atoms. The monoisotopic (exact) mass is 437 g/mol. The SMILES string of the molecule is CC(=O)N1CCC(C(=O)N(C)Cc2ccc(C(=O)N3CCCC4CCCC=C43)cc2)CC1. The van der Waals surface area contributed by atoms with E-state index in [4.69, 9.17) is 0 Å². The molecule has 1 aromatic carbocycles. The molecule has 3 aliphatic rings. The molecule has 2 fully saturated rings. The summed E-state index contributed by atoms with van der Waals surface area (Å²) in [5.41, 5.74) is 2.97. The summed E-state index contributed by atoms with van der Waals surface area (Å²) >= 11 is 0. The summed E-state index contributed by atoms with van der Waals surface area (Å²) in [4.78, 5) is 43.1. The van der Waals surface area contributed by atoms with Gasteiger partial charge in [0.2, 0.25) is 11.8 Å². The predicted octanol–water partition coefficient (Wildman–Crippen LogP) is 3.82. The van der Waals surface area contributed by atoms with Crippen molar-refractivity contribution in [3.63, 3.8) is 0 Å². The number of amides is 3. The Labute approximate surface area is 191 Å². The van der Waals surface area contributed by atoms with E-state index in [9.17, 15) is 14.4 Å². The number of allylic oxidation sites excluding steroid dienone is 2. The van der Waals surface area contributed by atoms with Crippen LogP contribution < -0.4 is 0 Å². The van der Waals surface area contributed by atoms with Gasteiger partial charge in [0.25, 0.3) is 5.91 Å². The van der Waals surface area contributed by atoms with E-state index in [2.05, 4.69) is 6.08 Å². The minimum atomic E-state index is -0.0210. The molecule has 1 unspecified atom stereocenters. The smallest absolute Gasteiger partial charge is 0.258 e. The molecule has 6 heteroatoms. The van der Waals surface area contributed by atoms with Gasteiger partial charge >= 0.3 is 0 Å². The first kappa shape index (κ1) is 22.6. The average Bonchev–Trinajstić information content (AvgIpc) is 2.83. The highest BCUT2D eigenvalue weighted by Crippen LogP contribution is 2.35. The quantitative estimate of drug-likeness (QED) is 0.719. The first-order valence-corrected chi connectivity index (χ1v) is 12.1. The summed E-state index contributed by atoms with van der Waals surface area (Å²) in [5, 5.41) is 0. The Hall–Kier alpha value is -2.63. The van der Waals surface area contributed by atoms with Gasteiger partial charge in [-0.3, -0.25) is 14.4 Å². The number of fused-ring (bicyclic) bond motifs is 1. The normalized spacial score (nSPS) is 21.6. The Morgan fingerprint density at radius 1 is 0.969 bits per heavy atom. The lowest BCUT2D eigenvalue weighted by Gasteiger charge is -2.38. The summed E-state index contributed by atoms with van der Waals surface area (Å²) in [7, 11) is 1.84. The van der Waals surface area contributed by atoms with Crippen molar-refractivity contribution in [3.05, 3.63) is 47.2 Å². The fourth-order valence-electron chi connectivity index (χ4n) is 5.41. The molecule has 0 N–H and O–H groups in total. The molecule has 4 rings (SSSR count). The van der Waals surface area contributed by atoms with Crippen LogP contribution in [0.5, 0.6) is 0 Å². The molecule has 0 saturated carbocycles. The van der Waals surface area contributed by atoms with Crippen molar-refractivity contribution in [2.24, 2.45) is 11.8 Å². The van der Waals surface area contributed by atoms with Crippen LogP contribution in [0.3, 0.4) is 0 Å². The van der Waals surface area contributed by atoms with Gasteiger partial charge in [-0.05, 0) is 68.6 Å². The van der Waals surface area contributed by atoms with Crippen molar-refractivity contribution in [1.82, 2.24) is 14.7 Å². The Balaban J connectivity index is 1.34. The van der Waals surface area contributed by atoms with E-state index in [0.29, 0.717) is 31.1 Å². The molecule has 32 heavy (non-hydrogen) atoms. The molecule has 1 aliphatic carbocycles. The van der Waals surface area contributed by atoms with Crippen molar-refractivity contribution < 1.29 is 14.4 Å². The number of hydrogen-bond acceptors (Lipinski definition) is 3. The van der Waals surface area contributed by atoms with Gasteiger partial charge in [-0.15, -0.1) is 0 Å². The molecule has 172 valence electrons. The number of likely N-dealkylation sites (tertiary alicyclic amines) is 2. The first-order chi connectivity index (χ1) is 15.4. The van der Waals surface area contributed by atoms with Crippen LogP contribution in [0.2, 0.25) is 0 Å². The van der Waals surface area contributed by atoms with E-state index in [-0.39, 0.29) is 23.6 Å². The third kappa shape index (κ3) is 4.89. The van der Waals surface area contributed by atoms with Crippen LogP contribution in [0, 0.1) is 11.8 Å². The van der Waals surface area contributed by atoms with E-state index in [1.807, 2.05) is 41.1 Å². The van der Waals surface area contributed by atoms with Gasteiger partial charge in [-0.25, -0.2) is 0 Å². The van der Waals surface area contributed by atoms with Crippen LogP contribution in [-0.4, -0.2) is 59.1 Å². The van der Waals surface area contributed by atoms with E-state index in [0.717, 1.165) is 37.8 Å². The molecule has 3 amide bonds. The Kier molecular flexibility index (Phi) is 6.97. The second kappa shape index (κ2) is 9.88.